The van der Waals surface area contributed by atoms with Gasteiger partial charge in [0.15, 0.2) is 6.23 Å². The summed E-state index contributed by atoms with van der Waals surface area (Å²) in [6.07, 6.45) is -7.33. The van der Waals surface area contributed by atoms with Crippen molar-refractivity contribution in [1.82, 2.24) is 20.2 Å². The molecule has 2 aliphatic heterocycles. The van der Waals surface area contributed by atoms with E-state index in [4.69, 9.17) is 15.2 Å². The zero-order valence-corrected chi connectivity index (χ0v) is 47.5. The molecule has 0 bridgehead atoms. The van der Waals surface area contributed by atoms with Gasteiger partial charge >= 0.3 is 64.8 Å². The van der Waals surface area contributed by atoms with Crippen LogP contribution in [0.25, 0.3) is 0 Å². The van der Waals surface area contributed by atoms with Crippen molar-refractivity contribution < 1.29 is 132 Å². The van der Waals surface area contributed by atoms with Crippen molar-refractivity contribution in [3.63, 3.8) is 0 Å². The van der Waals surface area contributed by atoms with Gasteiger partial charge in [-0.3, -0.25) is 18.5 Å². The minimum atomic E-state index is -5.83. The van der Waals surface area contributed by atoms with Gasteiger partial charge in [-0.25, -0.2) is 4.79 Å². The van der Waals surface area contributed by atoms with Crippen molar-refractivity contribution in [2.45, 2.75) is 203 Å². The van der Waals surface area contributed by atoms with Crippen LogP contribution in [-0.2, 0) is 32.7 Å². The molecular weight excluding hydrogens is 895 g/mol. The second-order valence-electron chi connectivity index (χ2n) is 12.7. The second-order valence-corrected chi connectivity index (χ2v) is 14.0. The number of aliphatic hydroxyl groups excluding tert-OH is 6. The summed E-state index contributed by atoms with van der Waals surface area (Å²) < 4.78 is 33.3. The Morgan fingerprint density at radius 3 is 1.78 bits per heavy atom. The van der Waals surface area contributed by atoms with Crippen molar-refractivity contribution >= 4 is 25.5 Å². The number of rotatable bonds is 16. The Morgan fingerprint density at radius 1 is 0.938 bits per heavy atom. The standard InChI is InChI=1S/C21H34N5O16P.3C4H10.4C2H6.2Na/c1-23-5-12(30)25-13-8(28)4-21(19(34)35,41-17(13)14(31)9(29)6-27)42-43(37,38)39-7-10-15(32)16(33)18(40-10)26-3-2-11(22)24-20(26)36;3*1-3-4-2;4*1-2;;/h2-3,8-10,13-18,23,27-29,31-33H,4-7H2,1H3,(H,25,30)(H,34,35)(H,37,38)(H2,22,24,36);3*3-4H2,1-2H3;4*1-2H3;;/q;;;;;;;;2*+1/p-2/t8?,9-,10?,13?,14-,15?,16?,17?,18?,21?;;;;;;;;;/m1........./s1. The summed E-state index contributed by atoms with van der Waals surface area (Å²) in [5.41, 5.74) is 4.44. The molecule has 65 heavy (non-hydrogen) atoms. The molecule has 1 amide bonds. The van der Waals surface area contributed by atoms with Crippen LogP contribution in [0.2, 0.25) is 0 Å². The number of amides is 1. The molecule has 0 radical (unpaired) electrons. The Kier molecular flexibility index (Phi) is 56.9. The van der Waals surface area contributed by atoms with Gasteiger partial charge in [-0.15, -0.1) is 0 Å². The molecule has 9 unspecified atom stereocenters. The maximum Gasteiger partial charge on any atom is 1.00 e. The van der Waals surface area contributed by atoms with Crippen LogP contribution in [0.15, 0.2) is 17.1 Å². The number of aliphatic hydroxyl groups is 6. The van der Waals surface area contributed by atoms with Gasteiger partial charge in [0, 0.05) is 12.6 Å². The first-order valence-electron chi connectivity index (χ1n) is 22.3. The summed E-state index contributed by atoms with van der Waals surface area (Å²) >= 11 is 0. The van der Waals surface area contributed by atoms with Gasteiger partial charge in [0.25, 0.3) is 7.82 Å². The van der Waals surface area contributed by atoms with E-state index in [0.717, 1.165) is 10.8 Å². The average Bonchev–Trinajstić information content (AvgIpc) is 3.57. The van der Waals surface area contributed by atoms with Gasteiger partial charge in [0.05, 0.1) is 31.9 Å². The number of phosphoric ester groups is 1. The fourth-order valence-corrected chi connectivity index (χ4v) is 5.40. The summed E-state index contributed by atoms with van der Waals surface area (Å²) in [6, 6.07) is -0.460. The molecule has 2 aliphatic rings. The Bertz CT molecular complexity index is 1360. The molecule has 11 atom stereocenters. The minimum absolute atomic E-state index is 0. The molecule has 3 rings (SSSR count). The molecule has 0 aliphatic carbocycles. The minimum Gasteiger partial charge on any atom is -0.756 e. The number of phosphoric acid groups is 1. The van der Waals surface area contributed by atoms with Crippen molar-refractivity contribution in [2.24, 2.45) is 0 Å². The molecule has 2 saturated heterocycles. The zero-order valence-electron chi connectivity index (χ0n) is 42.6. The molecule has 1 aromatic rings. The van der Waals surface area contributed by atoms with Crippen molar-refractivity contribution in [3.8, 4) is 0 Å². The predicted octanol–water partition coefficient (Wildman–Crippen LogP) is -4.51. The monoisotopic (exact) mass is 982 g/mol. The van der Waals surface area contributed by atoms with E-state index in [2.05, 4.69) is 66.2 Å². The Labute approximate surface area is 433 Å². The number of nitrogens with two attached hydrogens (primary N) is 1. The summed E-state index contributed by atoms with van der Waals surface area (Å²) in [7, 11) is -4.42. The quantitative estimate of drug-likeness (QED) is 0.0557. The van der Waals surface area contributed by atoms with Crippen molar-refractivity contribution in [1.29, 1.82) is 0 Å². The smallest absolute Gasteiger partial charge is 0.756 e. The van der Waals surface area contributed by atoms with Gasteiger partial charge in [-0.2, -0.15) is 4.98 Å². The van der Waals surface area contributed by atoms with E-state index >= 15 is 0 Å². The maximum atomic E-state index is 12.7. The van der Waals surface area contributed by atoms with E-state index in [0.29, 0.717) is 0 Å². The van der Waals surface area contributed by atoms with E-state index in [-0.39, 0.29) is 71.5 Å². The number of aliphatic carboxylic acids is 1. The van der Waals surface area contributed by atoms with Gasteiger partial charge in [0.2, 0.25) is 11.7 Å². The van der Waals surface area contributed by atoms with Crippen LogP contribution in [0.1, 0.15) is 148 Å². The number of nitrogens with one attached hydrogen (secondary N) is 2. The van der Waals surface area contributed by atoms with Gasteiger partial charge in [-0.1, -0.05) is 135 Å². The number of carbonyl (C=O) groups is 2. The number of hydrogen-bond acceptors (Lipinski definition) is 19. The van der Waals surface area contributed by atoms with Crippen molar-refractivity contribution in [2.75, 3.05) is 32.5 Å². The van der Waals surface area contributed by atoms with Gasteiger partial charge < -0.3 is 75.8 Å². The van der Waals surface area contributed by atoms with Crippen LogP contribution < -0.4 is 91.2 Å². The molecule has 378 valence electrons. The Morgan fingerprint density at radius 2 is 1.40 bits per heavy atom. The number of carboxylic acid groups (broad SMARTS) is 1. The largest absolute Gasteiger partial charge is 1.00 e. The van der Waals surface area contributed by atoms with Crippen LogP contribution in [0, 0.1) is 0 Å². The predicted molar refractivity (Wildman–Crippen MR) is 239 cm³/mol. The number of anilines is 1. The number of likely N-dealkylation sites (N-methyl/N-ethyl adjacent to an activating group) is 1. The number of aromatic nitrogens is 2. The first kappa shape index (κ1) is 78.5. The number of nitrogens with zero attached hydrogens (tertiary/aromatic N) is 2. The normalized spacial score (nSPS) is 24.1. The van der Waals surface area contributed by atoms with Crippen LogP contribution >= 0.6 is 7.82 Å². The summed E-state index contributed by atoms with van der Waals surface area (Å²) in [4.78, 5) is 52.5. The maximum absolute atomic E-state index is 12.7. The van der Waals surface area contributed by atoms with Gasteiger partial charge in [-0.05, 0) is 13.1 Å². The van der Waals surface area contributed by atoms with Crippen LogP contribution in [0.4, 0.5) is 5.82 Å². The Hall–Kier alpha value is -0.630. The molecular formula is C41H86N5Na2O16P. The second kappa shape index (κ2) is 47.1. The first-order valence-corrected chi connectivity index (χ1v) is 23.8. The third-order valence-corrected chi connectivity index (χ3v) is 9.07. The van der Waals surface area contributed by atoms with E-state index < -0.39 is 106 Å². The van der Waals surface area contributed by atoms with E-state index in [1.807, 2.05) is 55.4 Å². The zero-order chi connectivity index (χ0) is 50.5. The fraction of sp³-hybridized carbons (Fsp3) is 0.854. The molecule has 3 heterocycles. The number of nitrogen functional groups attached to an aromatic ring is 1. The molecule has 0 spiro atoms. The van der Waals surface area contributed by atoms with Crippen molar-refractivity contribution in [3.05, 3.63) is 22.7 Å². The summed E-state index contributed by atoms with van der Waals surface area (Å²) in [5, 5.41) is 77.8. The molecule has 21 nitrogen and oxygen atoms in total. The average molecular weight is 982 g/mol. The third kappa shape index (κ3) is 30.6. The van der Waals surface area contributed by atoms with E-state index in [1.165, 1.54) is 51.6 Å². The number of carboxylic acids is 1. The first-order chi connectivity index (χ1) is 29.8. The fourth-order valence-electron chi connectivity index (χ4n) is 4.46. The van der Waals surface area contributed by atoms with E-state index in [1.54, 1.807) is 0 Å². The van der Waals surface area contributed by atoms with E-state index in [9.17, 15) is 59.6 Å². The molecule has 2 fully saturated rings. The third-order valence-electron chi connectivity index (χ3n) is 8.09. The number of carbonyl (C=O) groups excluding carboxylic acids is 2. The molecule has 1 aromatic heterocycles. The molecule has 0 aromatic carbocycles. The van der Waals surface area contributed by atoms with Crippen LogP contribution in [-0.4, -0.2) is 133 Å². The number of ether oxygens (including phenoxy) is 2. The molecule has 24 heteroatoms. The topological polar surface area (TPSA) is 341 Å². The Balaban J connectivity index is -0.000000262. The van der Waals surface area contributed by atoms with Crippen LogP contribution in [0.3, 0.4) is 0 Å². The van der Waals surface area contributed by atoms with Crippen LogP contribution in [0.5, 0.6) is 0 Å². The number of hydrogen-bond donors (Lipinski definition) is 9. The number of unbranched alkanes of at least 4 members (excludes halogenated alkanes) is 3. The summed E-state index contributed by atoms with van der Waals surface area (Å²) in [6.45, 7) is 26.6. The SMILES string of the molecule is CC.CC.CC.CC.CCCC.CCCC.CCCC.CNCC(=O)NC1C(O)CC(OP(=O)([O-])OCC2OC(n3ccc(N)nc3=O)C(O)C2O)(C(=O)[O-])OC1[C@H](O)[C@H](O)CO.[Na+].[Na+]. The molecule has 0 saturated carbocycles. The summed E-state index contributed by atoms with van der Waals surface area (Å²) in [5.74, 6) is -6.72. The molecule has 10 N–H and O–H groups in total. The van der Waals surface area contributed by atoms with Gasteiger partial charge in [0.1, 0.15) is 48.4 Å².